The van der Waals surface area contributed by atoms with Crippen LogP contribution in [-0.2, 0) is 22.5 Å². The number of ether oxygens (including phenoxy) is 2. The molecule has 220 valence electrons. The first-order valence-electron chi connectivity index (χ1n) is 13.6. The molecule has 1 atom stereocenters. The van der Waals surface area contributed by atoms with Gasteiger partial charge in [0.2, 0.25) is 0 Å². The normalized spacial score (nSPS) is 13.9. The first-order valence-corrected chi connectivity index (χ1v) is 14.0. The summed E-state index contributed by atoms with van der Waals surface area (Å²) in [6, 6.07) is 9.96. The van der Waals surface area contributed by atoms with Crippen molar-refractivity contribution in [2.45, 2.75) is 65.7 Å². The summed E-state index contributed by atoms with van der Waals surface area (Å²) in [7, 11) is 0. The summed E-state index contributed by atoms with van der Waals surface area (Å²) in [6.07, 6.45) is -0.125. The van der Waals surface area contributed by atoms with Gasteiger partial charge in [0.25, 0.3) is 5.91 Å². The predicted molar refractivity (Wildman–Crippen MR) is 156 cm³/mol. The summed E-state index contributed by atoms with van der Waals surface area (Å²) in [6.45, 7) is 9.40. The van der Waals surface area contributed by atoms with Gasteiger partial charge in [0.15, 0.2) is 29.0 Å². The number of carbonyl (C=O) groups excluding carboxylic acids is 1. The topological polar surface area (TPSA) is 115 Å². The first kappa shape index (κ1) is 29.5. The number of aliphatic carboxylic acids is 1. The molecule has 0 spiro atoms. The molecule has 11 heteroatoms. The van der Waals surface area contributed by atoms with E-state index in [1.165, 1.54) is 16.6 Å². The van der Waals surface area contributed by atoms with Crippen LogP contribution in [-0.4, -0.2) is 43.8 Å². The molecule has 0 unspecified atom stereocenters. The van der Waals surface area contributed by atoms with E-state index in [9.17, 15) is 14.7 Å². The lowest BCUT2D eigenvalue weighted by molar-refractivity contribution is -0.160. The lowest BCUT2D eigenvalue weighted by Crippen LogP contribution is -2.29. The number of hydrogen-bond acceptors (Lipinski definition) is 6. The number of nitrogens with one attached hydrogen (secondary N) is 1. The van der Waals surface area contributed by atoms with Gasteiger partial charge in [-0.25, -0.2) is 18.7 Å². The van der Waals surface area contributed by atoms with Gasteiger partial charge >= 0.3 is 5.97 Å². The van der Waals surface area contributed by atoms with Crippen LogP contribution in [0.3, 0.4) is 0 Å². The van der Waals surface area contributed by atoms with E-state index in [1.54, 1.807) is 45.9 Å². The fourth-order valence-electron chi connectivity index (χ4n) is 5.23. The van der Waals surface area contributed by atoms with Crippen LogP contribution in [0.5, 0.6) is 5.75 Å². The molecule has 0 saturated heterocycles. The maximum absolute atomic E-state index is 15.5. The largest absolute Gasteiger partial charge is 0.490 e. The zero-order chi connectivity index (χ0) is 30.3. The number of halogens is 2. The van der Waals surface area contributed by atoms with Crippen molar-refractivity contribution in [2.75, 3.05) is 6.61 Å². The maximum Gasteiger partial charge on any atom is 0.337 e. The molecule has 0 radical (unpaired) electrons. The Hall–Kier alpha value is -4.02. The van der Waals surface area contributed by atoms with Crippen molar-refractivity contribution >= 4 is 29.1 Å². The number of carbonyl (C=O) groups is 2. The fraction of sp³-hybridized carbons (Fsp3) is 0.355. The summed E-state index contributed by atoms with van der Waals surface area (Å²) >= 11 is 6.07. The Morgan fingerprint density at radius 3 is 2.69 bits per heavy atom. The van der Waals surface area contributed by atoms with Crippen molar-refractivity contribution in [3.05, 3.63) is 80.9 Å². The summed E-state index contributed by atoms with van der Waals surface area (Å²) in [5, 5.41) is 18.3. The van der Waals surface area contributed by atoms with Crippen molar-refractivity contribution in [1.82, 2.24) is 19.9 Å². The second-order valence-electron chi connectivity index (χ2n) is 11.3. The maximum atomic E-state index is 15.5. The number of fused-ring (bicyclic) bond motifs is 2. The predicted octanol–water partition coefficient (Wildman–Crippen LogP) is 6.00. The molecule has 5 rings (SSSR count). The third kappa shape index (κ3) is 5.82. The molecule has 0 aliphatic carbocycles. The summed E-state index contributed by atoms with van der Waals surface area (Å²) in [5.74, 6) is -2.06. The minimum absolute atomic E-state index is 0.0605. The lowest BCUT2D eigenvalue weighted by Gasteiger charge is -2.28. The van der Waals surface area contributed by atoms with E-state index in [0.29, 0.717) is 40.5 Å². The summed E-state index contributed by atoms with van der Waals surface area (Å²) in [5.41, 5.74) is 3.04. The Labute approximate surface area is 247 Å². The minimum atomic E-state index is -1.45. The number of rotatable bonds is 7. The highest BCUT2D eigenvalue weighted by molar-refractivity contribution is 6.30. The highest BCUT2D eigenvalue weighted by Crippen LogP contribution is 2.41. The average Bonchev–Trinajstić information content (AvgIpc) is 3.35. The second-order valence-corrected chi connectivity index (χ2v) is 11.7. The molecule has 1 aliphatic rings. The van der Waals surface area contributed by atoms with Crippen molar-refractivity contribution in [2.24, 2.45) is 0 Å². The average molecular weight is 595 g/mol. The standard InChI is InChI=1S/C31H32ClFN4O5/c1-16-20-10-7-11-41-27(20)22(33)13-21(16)26-25(28(30(39)40)42-31(3,4)5)17(2)35-24-14-23(36-37(24)26)29(38)34-15-18-8-6-9-19(32)12-18/h6,8-9,12-14,28H,7,10-11,15H2,1-5H3,(H,34,38)(H,39,40)/t28-/m0/s1. The number of aryl methyl sites for hydroxylation is 1. The summed E-state index contributed by atoms with van der Waals surface area (Å²) < 4.78 is 28.5. The zero-order valence-corrected chi connectivity index (χ0v) is 24.8. The van der Waals surface area contributed by atoms with Crippen molar-refractivity contribution in [3.63, 3.8) is 0 Å². The molecular weight excluding hydrogens is 563 g/mol. The molecule has 2 aromatic heterocycles. The van der Waals surface area contributed by atoms with Gasteiger partial charge in [0.05, 0.1) is 17.9 Å². The van der Waals surface area contributed by atoms with Crippen molar-refractivity contribution in [3.8, 4) is 17.0 Å². The number of hydrogen-bond donors (Lipinski definition) is 2. The van der Waals surface area contributed by atoms with E-state index in [1.807, 2.05) is 13.0 Å². The van der Waals surface area contributed by atoms with Gasteiger partial charge in [-0.3, -0.25) is 4.79 Å². The number of carboxylic acids is 1. The molecule has 9 nitrogen and oxygen atoms in total. The SMILES string of the molecule is Cc1nc2cc(C(=O)NCc3cccc(Cl)c3)nn2c(-c2cc(F)c3c(c2C)CCCO3)c1[C@H](OC(C)(C)C)C(=O)O. The Morgan fingerprint density at radius 2 is 2.00 bits per heavy atom. The van der Waals surface area contributed by atoms with Gasteiger partial charge in [-0.15, -0.1) is 0 Å². The highest BCUT2D eigenvalue weighted by Gasteiger charge is 2.35. The van der Waals surface area contributed by atoms with Crippen LogP contribution in [0.15, 0.2) is 36.4 Å². The number of carboxylic acid groups (broad SMARTS) is 1. The van der Waals surface area contributed by atoms with E-state index in [0.717, 1.165) is 17.5 Å². The molecule has 1 amide bonds. The molecule has 2 N–H and O–H groups in total. The van der Waals surface area contributed by atoms with Gasteiger partial charge in [-0.05, 0) is 76.8 Å². The van der Waals surface area contributed by atoms with Gasteiger partial charge in [0, 0.05) is 40.0 Å². The molecule has 2 aromatic carbocycles. The molecule has 0 saturated carbocycles. The molecule has 3 heterocycles. The Balaban J connectivity index is 1.70. The third-order valence-corrected chi connectivity index (χ3v) is 7.29. The van der Waals surface area contributed by atoms with Crippen LogP contribution in [0.4, 0.5) is 4.39 Å². The van der Waals surface area contributed by atoms with Crippen LogP contribution in [0.1, 0.15) is 71.7 Å². The van der Waals surface area contributed by atoms with Crippen LogP contribution in [0.2, 0.25) is 5.02 Å². The minimum Gasteiger partial charge on any atom is -0.490 e. The third-order valence-electron chi connectivity index (χ3n) is 7.05. The monoisotopic (exact) mass is 594 g/mol. The van der Waals surface area contributed by atoms with Crippen LogP contribution >= 0.6 is 11.6 Å². The second kappa shape index (κ2) is 11.3. The molecule has 0 fully saturated rings. The van der Waals surface area contributed by atoms with Crippen molar-refractivity contribution < 1.29 is 28.6 Å². The van der Waals surface area contributed by atoms with Crippen molar-refractivity contribution in [1.29, 1.82) is 0 Å². The summed E-state index contributed by atoms with van der Waals surface area (Å²) in [4.78, 5) is 30.4. The molecular formula is C31H32ClFN4O5. The quantitative estimate of drug-likeness (QED) is 0.270. The number of nitrogens with zero attached hydrogens (tertiary/aromatic N) is 3. The molecule has 42 heavy (non-hydrogen) atoms. The van der Waals surface area contributed by atoms with Crippen LogP contribution < -0.4 is 10.1 Å². The lowest BCUT2D eigenvalue weighted by atomic mass is 9.91. The van der Waals surface area contributed by atoms with Gasteiger partial charge < -0.3 is 19.9 Å². The van der Waals surface area contributed by atoms with Crippen LogP contribution in [0, 0.1) is 19.7 Å². The Kier molecular flexibility index (Phi) is 7.96. The van der Waals surface area contributed by atoms with E-state index >= 15 is 4.39 Å². The smallest absolute Gasteiger partial charge is 0.337 e. The van der Waals surface area contributed by atoms with Crippen LogP contribution in [0.25, 0.3) is 16.9 Å². The van der Waals surface area contributed by atoms with E-state index in [2.05, 4.69) is 15.4 Å². The number of aromatic nitrogens is 3. The number of amides is 1. The van der Waals surface area contributed by atoms with E-state index in [4.69, 9.17) is 21.1 Å². The molecule has 0 bridgehead atoms. The first-order chi connectivity index (χ1) is 19.8. The van der Waals surface area contributed by atoms with Gasteiger partial charge in [-0.1, -0.05) is 23.7 Å². The molecule has 1 aliphatic heterocycles. The fourth-order valence-corrected chi connectivity index (χ4v) is 5.44. The molecule has 4 aromatic rings. The Bertz CT molecular complexity index is 1710. The van der Waals surface area contributed by atoms with E-state index < -0.39 is 29.4 Å². The zero-order valence-electron chi connectivity index (χ0n) is 24.0. The highest BCUT2D eigenvalue weighted by atomic mass is 35.5. The van der Waals surface area contributed by atoms with E-state index in [-0.39, 0.29) is 29.2 Å². The van der Waals surface area contributed by atoms with Gasteiger partial charge in [-0.2, -0.15) is 5.10 Å². The number of benzene rings is 2. The van der Waals surface area contributed by atoms with Gasteiger partial charge in [0.1, 0.15) is 0 Å². The Morgan fingerprint density at radius 1 is 1.24 bits per heavy atom.